The summed E-state index contributed by atoms with van der Waals surface area (Å²) in [5.74, 6) is 1.59. The number of rotatable bonds is 9. The maximum atomic E-state index is 11.3. The highest BCUT2D eigenvalue weighted by molar-refractivity contribution is 5.69. The molecule has 2 aliphatic carbocycles. The van der Waals surface area contributed by atoms with Crippen LogP contribution in [0.15, 0.2) is 54.1 Å². The predicted molar refractivity (Wildman–Crippen MR) is 148 cm³/mol. The number of benzene rings is 2. The van der Waals surface area contributed by atoms with Gasteiger partial charge in [-0.3, -0.25) is 4.79 Å². The van der Waals surface area contributed by atoms with E-state index in [0.29, 0.717) is 13.0 Å². The maximum absolute atomic E-state index is 11.3. The number of ether oxygens (including phenoxy) is 2. The summed E-state index contributed by atoms with van der Waals surface area (Å²) >= 11 is 0. The number of aryl methyl sites for hydroxylation is 1. The Balaban J connectivity index is 1.45. The normalized spacial score (nSPS) is 17.7. The lowest BCUT2D eigenvalue weighted by molar-refractivity contribution is -0.140. The molecule has 1 saturated carbocycles. The Morgan fingerprint density at radius 1 is 0.806 bits per heavy atom. The number of hydrogen-bond donors (Lipinski definition) is 0. The van der Waals surface area contributed by atoms with Crippen molar-refractivity contribution in [3.05, 3.63) is 70.8 Å². The molecule has 36 heavy (non-hydrogen) atoms. The van der Waals surface area contributed by atoms with E-state index in [9.17, 15) is 4.79 Å². The summed E-state index contributed by atoms with van der Waals surface area (Å²) < 4.78 is 11.1. The molecule has 0 aliphatic heterocycles. The molecule has 1 fully saturated rings. The van der Waals surface area contributed by atoms with Crippen LogP contribution in [0.3, 0.4) is 0 Å². The highest BCUT2D eigenvalue weighted by atomic mass is 16.5. The van der Waals surface area contributed by atoms with E-state index in [0.717, 1.165) is 37.4 Å². The van der Waals surface area contributed by atoms with E-state index in [1.165, 1.54) is 99.2 Å². The van der Waals surface area contributed by atoms with Crippen LogP contribution < -0.4 is 4.74 Å². The lowest BCUT2D eigenvalue weighted by Gasteiger charge is -2.19. The first kappa shape index (κ1) is 26.5. The van der Waals surface area contributed by atoms with Crippen LogP contribution in [0.4, 0.5) is 0 Å². The average molecular weight is 489 g/mol. The number of methoxy groups -OCH3 is 1. The minimum atomic E-state index is -0.141. The van der Waals surface area contributed by atoms with E-state index in [1.807, 2.05) is 0 Å². The highest BCUT2D eigenvalue weighted by Gasteiger charge is 2.23. The first-order valence-corrected chi connectivity index (χ1v) is 14.3. The Morgan fingerprint density at radius 3 is 2.08 bits per heavy atom. The third-order valence-corrected chi connectivity index (χ3v) is 7.80. The van der Waals surface area contributed by atoms with Crippen molar-refractivity contribution in [1.29, 1.82) is 0 Å². The monoisotopic (exact) mass is 488 g/mol. The Hall–Kier alpha value is -2.55. The second-order valence-electron chi connectivity index (χ2n) is 10.7. The molecule has 0 atom stereocenters. The van der Waals surface area contributed by atoms with Gasteiger partial charge in [0.15, 0.2) is 0 Å². The van der Waals surface area contributed by atoms with Gasteiger partial charge >= 0.3 is 5.97 Å². The van der Waals surface area contributed by atoms with Gasteiger partial charge in [0.25, 0.3) is 0 Å². The summed E-state index contributed by atoms with van der Waals surface area (Å²) in [5.41, 5.74) is 7.15. The van der Waals surface area contributed by atoms with E-state index >= 15 is 0 Å². The minimum Gasteiger partial charge on any atom is -0.489 e. The molecule has 3 nitrogen and oxygen atoms in total. The minimum absolute atomic E-state index is 0.141. The highest BCUT2D eigenvalue weighted by Crippen LogP contribution is 2.40. The summed E-state index contributed by atoms with van der Waals surface area (Å²) in [6, 6.07) is 17.9. The summed E-state index contributed by atoms with van der Waals surface area (Å²) in [4.78, 5) is 11.3. The lowest BCUT2D eigenvalue weighted by Crippen LogP contribution is -2.06. The third-order valence-electron chi connectivity index (χ3n) is 7.80. The Morgan fingerprint density at radius 2 is 1.44 bits per heavy atom. The molecule has 0 saturated heterocycles. The van der Waals surface area contributed by atoms with Gasteiger partial charge in [0.05, 0.1) is 7.11 Å². The average Bonchev–Trinajstić information content (AvgIpc) is 3.75. The summed E-state index contributed by atoms with van der Waals surface area (Å²) in [6.07, 6.45) is 17.8. The van der Waals surface area contributed by atoms with Crippen LogP contribution >= 0.6 is 0 Å². The molecule has 3 heteroatoms. The van der Waals surface area contributed by atoms with Crippen LogP contribution in [0.2, 0.25) is 0 Å². The van der Waals surface area contributed by atoms with E-state index in [-0.39, 0.29) is 5.97 Å². The van der Waals surface area contributed by atoms with Crippen molar-refractivity contribution in [2.45, 2.75) is 102 Å². The molecular weight excluding hydrogens is 444 g/mol. The number of hydrogen-bond acceptors (Lipinski definition) is 3. The fourth-order valence-corrected chi connectivity index (χ4v) is 5.37. The molecule has 0 heterocycles. The molecule has 2 aromatic rings. The van der Waals surface area contributed by atoms with Crippen molar-refractivity contribution < 1.29 is 14.3 Å². The van der Waals surface area contributed by atoms with E-state index < -0.39 is 0 Å². The van der Waals surface area contributed by atoms with Crippen molar-refractivity contribution in [3.8, 4) is 5.75 Å². The standard InChI is InChI=1S/C33H44O3/c1-35-33(34)14-10-11-26-15-23-31(24-16-26)36-25-30-12-8-6-4-2-3-5-7-9-13-32(30)29-21-19-28(20-22-29)27-17-18-27/h15-16,19-24,27H,2-14,17-18,25H2,1H3. The molecule has 0 N–H and O–H groups in total. The summed E-state index contributed by atoms with van der Waals surface area (Å²) in [5, 5.41) is 0. The van der Waals surface area contributed by atoms with Gasteiger partial charge in [-0.15, -0.1) is 0 Å². The fourth-order valence-electron chi connectivity index (χ4n) is 5.37. The second kappa shape index (κ2) is 14.3. The molecule has 0 radical (unpaired) electrons. The molecule has 0 bridgehead atoms. The zero-order valence-electron chi connectivity index (χ0n) is 22.2. The fraction of sp³-hybridized carbons (Fsp3) is 0.545. The van der Waals surface area contributed by atoms with Gasteiger partial charge < -0.3 is 9.47 Å². The Labute approximate surface area is 218 Å². The lowest BCUT2D eigenvalue weighted by atomic mass is 9.90. The molecule has 2 aliphatic rings. The molecule has 0 unspecified atom stereocenters. The zero-order valence-corrected chi connectivity index (χ0v) is 22.2. The first-order chi connectivity index (χ1) is 17.7. The molecule has 2 aromatic carbocycles. The smallest absolute Gasteiger partial charge is 0.305 e. The van der Waals surface area contributed by atoms with Crippen molar-refractivity contribution >= 4 is 11.5 Å². The van der Waals surface area contributed by atoms with Crippen molar-refractivity contribution in [3.63, 3.8) is 0 Å². The van der Waals surface area contributed by atoms with Gasteiger partial charge in [-0.25, -0.2) is 0 Å². The number of carbonyl (C=O) groups excluding carboxylic acids is 1. The molecular formula is C33H44O3. The van der Waals surface area contributed by atoms with Crippen molar-refractivity contribution in [1.82, 2.24) is 0 Å². The third kappa shape index (κ3) is 8.54. The van der Waals surface area contributed by atoms with Crippen LogP contribution in [0, 0.1) is 0 Å². The van der Waals surface area contributed by atoms with Crippen molar-refractivity contribution in [2.24, 2.45) is 0 Å². The van der Waals surface area contributed by atoms with Gasteiger partial charge in [-0.2, -0.15) is 0 Å². The Kier molecular flexibility index (Phi) is 10.5. The van der Waals surface area contributed by atoms with Crippen LogP contribution in [0.5, 0.6) is 5.75 Å². The van der Waals surface area contributed by atoms with Crippen LogP contribution in [0.25, 0.3) is 5.57 Å². The van der Waals surface area contributed by atoms with Crippen LogP contribution in [-0.4, -0.2) is 19.7 Å². The molecule has 4 rings (SSSR count). The SMILES string of the molecule is COC(=O)CCCc1ccc(OCC2=C(c3ccc(C4CC4)cc3)CCCCCCCCCC2)cc1. The molecule has 0 aromatic heterocycles. The van der Waals surface area contributed by atoms with Crippen molar-refractivity contribution in [2.75, 3.05) is 13.7 Å². The van der Waals surface area contributed by atoms with Gasteiger partial charge in [-0.1, -0.05) is 74.9 Å². The van der Waals surface area contributed by atoms with Gasteiger partial charge in [-0.05, 0) is 97.3 Å². The van der Waals surface area contributed by atoms with Gasteiger partial charge in [0.1, 0.15) is 12.4 Å². The van der Waals surface area contributed by atoms with Crippen LogP contribution in [-0.2, 0) is 16.0 Å². The Bertz CT molecular complexity index is 967. The van der Waals surface area contributed by atoms with Gasteiger partial charge in [0.2, 0.25) is 0 Å². The largest absolute Gasteiger partial charge is 0.489 e. The topological polar surface area (TPSA) is 35.5 Å². The number of esters is 1. The van der Waals surface area contributed by atoms with E-state index in [4.69, 9.17) is 9.47 Å². The van der Waals surface area contributed by atoms with Crippen LogP contribution in [0.1, 0.15) is 112 Å². The summed E-state index contributed by atoms with van der Waals surface area (Å²) in [7, 11) is 1.45. The van der Waals surface area contributed by atoms with E-state index in [2.05, 4.69) is 48.5 Å². The predicted octanol–water partition coefficient (Wildman–Crippen LogP) is 8.81. The van der Waals surface area contributed by atoms with Gasteiger partial charge in [0, 0.05) is 6.42 Å². The quantitative estimate of drug-likeness (QED) is 0.331. The second-order valence-corrected chi connectivity index (χ2v) is 10.7. The molecule has 194 valence electrons. The first-order valence-electron chi connectivity index (χ1n) is 14.3. The number of allylic oxidation sites excluding steroid dienone is 1. The van der Waals surface area contributed by atoms with E-state index in [1.54, 1.807) is 0 Å². The molecule has 0 spiro atoms. The zero-order chi connectivity index (χ0) is 25.0. The maximum Gasteiger partial charge on any atom is 0.305 e. The number of carbonyl (C=O) groups is 1. The molecule has 0 amide bonds. The summed E-state index contributed by atoms with van der Waals surface area (Å²) in [6.45, 7) is 0.668.